The summed E-state index contributed by atoms with van der Waals surface area (Å²) in [7, 11) is 1.84. The number of carbonyl (C=O) groups excluding carboxylic acids is 2. The Hall–Kier alpha value is -4.68. The van der Waals surface area contributed by atoms with Crippen LogP contribution in [-0.2, 0) is 24.8 Å². The number of benzene rings is 1. The zero-order valence-corrected chi connectivity index (χ0v) is 28.0. The van der Waals surface area contributed by atoms with Gasteiger partial charge in [0.25, 0.3) is 11.5 Å². The average molecular weight is 666 g/mol. The number of amides is 2. The van der Waals surface area contributed by atoms with Crippen molar-refractivity contribution in [1.82, 2.24) is 33.9 Å². The highest BCUT2D eigenvalue weighted by atomic mass is 32.1. The van der Waals surface area contributed by atoms with E-state index in [1.807, 2.05) is 72.3 Å². The van der Waals surface area contributed by atoms with Crippen LogP contribution in [0.5, 0.6) is 0 Å². The summed E-state index contributed by atoms with van der Waals surface area (Å²) in [5.74, 6) is -0.461. The number of aromatic nitrogens is 5. The van der Waals surface area contributed by atoms with Crippen molar-refractivity contribution in [3.63, 3.8) is 0 Å². The van der Waals surface area contributed by atoms with E-state index in [1.165, 1.54) is 22.2 Å². The number of carbonyl (C=O) groups is 2. The van der Waals surface area contributed by atoms with E-state index in [4.69, 9.17) is 0 Å². The molecule has 6 heterocycles. The summed E-state index contributed by atoms with van der Waals surface area (Å²) in [5, 5.41) is 12.9. The van der Waals surface area contributed by atoms with Crippen LogP contribution in [0.15, 0.2) is 78.1 Å². The Balaban J connectivity index is 1.04. The summed E-state index contributed by atoms with van der Waals surface area (Å²) in [6.07, 6.45) is 6.88. The van der Waals surface area contributed by atoms with E-state index in [-0.39, 0.29) is 35.8 Å². The second-order valence-corrected chi connectivity index (χ2v) is 14.2. The minimum atomic E-state index is -1.12. The predicted molar refractivity (Wildman–Crippen MR) is 183 cm³/mol. The molecule has 0 spiro atoms. The summed E-state index contributed by atoms with van der Waals surface area (Å²) >= 11 is 1.42. The number of hydrogen-bond donors (Lipinski definition) is 1. The van der Waals surface area contributed by atoms with E-state index in [0.717, 1.165) is 16.3 Å². The zero-order chi connectivity index (χ0) is 33.4. The van der Waals surface area contributed by atoms with Gasteiger partial charge in [0.05, 0.1) is 28.2 Å². The van der Waals surface area contributed by atoms with Crippen LogP contribution in [0.3, 0.4) is 0 Å². The van der Waals surface area contributed by atoms with Crippen LogP contribution < -0.4 is 5.56 Å². The molecule has 2 aliphatic heterocycles. The van der Waals surface area contributed by atoms with Crippen molar-refractivity contribution in [3.8, 4) is 0 Å². The fourth-order valence-corrected chi connectivity index (χ4v) is 8.19. The predicted octanol–water partition coefficient (Wildman–Crippen LogP) is 3.79. The number of pyridine rings is 1. The summed E-state index contributed by atoms with van der Waals surface area (Å²) in [5.41, 5.74) is 1.95. The first-order chi connectivity index (χ1) is 23.2. The van der Waals surface area contributed by atoms with Crippen LogP contribution in [0.1, 0.15) is 56.8 Å². The van der Waals surface area contributed by atoms with Crippen LogP contribution in [0, 0.1) is 12.8 Å². The zero-order valence-electron chi connectivity index (χ0n) is 27.2. The smallest absolute Gasteiger partial charge is 0.265 e. The van der Waals surface area contributed by atoms with Gasteiger partial charge in [-0.2, -0.15) is 0 Å². The van der Waals surface area contributed by atoms with Gasteiger partial charge in [-0.25, -0.2) is 9.97 Å². The van der Waals surface area contributed by atoms with Crippen molar-refractivity contribution < 1.29 is 14.7 Å². The number of rotatable bonds is 7. The Bertz CT molecular complexity index is 2000. The number of likely N-dealkylation sites (tertiary alicyclic amines) is 2. The first kappa shape index (κ1) is 31.9. The van der Waals surface area contributed by atoms with Crippen LogP contribution in [-0.4, -0.2) is 82.6 Å². The number of aryl methyl sites for hydroxylation is 2. The lowest BCUT2D eigenvalue weighted by Gasteiger charge is -2.43. The van der Waals surface area contributed by atoms with Crippen LogP contribution in [0.4, 0.5) is 0 Å². The third-order valence-corrected chi connectivity index (χ3v) is 11.0. The summed E-state index contributed by atoms with van der Waals surface area (Å²) < 4.78 is 3.27. The molecule has 0 aliphatic carbocycles. The van der Waals surface area contributed by atoms with Crippen molar-refractivity contribution in [2.75, 3.05) is 26.2 Å². The second kappa shape index (κ2) is 13.1. The molecule has 2 amide bonds. The van der Waals surface area contributed by atoms with Crippen molar-refractivity contribution in [1.29, 1.82) is 0 Å². The molecule has 248 valence electrons. The summed E-state index contributed by atoms with van der Waals surface area (Å²) in [6.45, 7) is 3.69. The Morgan fingerprint density at radius 1 is 1.00 bits per heavy atom. The van der Waals surface area contributed by atoms with Crippen molar-refractivity contribution in [2.24, 2.45) is 13.0 Å². The number of thiazole rings is 1. The highest BCUT2D eigenvalue weighted by Gasteiger charge is 2.42. The molecule has 12 heteroatoms. The number of aliphatic hydroxyl groups is 1. The monoisotopic (exact) mass is 665 g/mol. The van der Waals surface area contributed by atoms with E-state index in [2.05, 4.69) is 15.0 Å². The van der Waals surface area contributed by atoms with Gasteiger partial charge in [0.2, 0.25) is 5.91 Å². The molecule has 4 aromatic heterocycles. The lowest BCUT2D eigenvalue weighted by atomic mass is 9.79. The Labute approximate surface area is 282 Å². The van der Waals surface area contributed by atoms with Gasteiger partial charge >= 0.3 is 0 Å². The van der Waals surface area contributed by atoms with Gasteiger partial charge in [-0.1, -0.05) is 36.4 Å². The molecular formula is C36H39N7O4S. The molecule has 2 saturated heterocycles. The first-order valence-electron chi connectivity index (χ1n) is 16.4. The SMILES string of the molecule is Cc1nc(Cc2ccccn2)sc1C(=O)N1CC[C@@H](C(=O)N2CCC(O)(Cn3cnc4c(ccn4C)c3=O)CC2)[C@H](c2ccccc2)C1. The Morgan fingerprint density at radius 3 is 2.52 bits per heavy atom. The number of nitrogens with zero attached hydrogens (tertiary/aromatic N) is 7. The second-order valence-electron chi connectivity index (χ2n) is 13.1. The summed E-state index contributed by atoms with van der Waals surface area (Å²) in [6, 6.07) is 17.5. The van der Waals surface area contributed by atoms with Gasteiger partial charge in [-0.05, 0) is 49.9 Å². The Kier molecular flexibility index (Phi) is 8.69. The lowest BCUT2D eigenvalue weighted by molar-refractivity contribution is -0.142. The first-order valence-corrected chi connectivity index (χ1v) is 17.2. The molecule has 48 heavy (non-hydrogen) atoms. The lowest BCUT2D eigenvalue weighted by Crippen LogP contribution is -2.53. The molecule has 2 aliphatic rings. The molecule has 0 bridgehead atoms. The average Bonchev–Trinajstić information content (AvgIpc) is 3.67. The van der Waals surface area contributed by atoms with Crippen LogP contribution in [0.2, 0.25) is 0 Å². The molecule has 2 fully saturated rings. The fraction of sp³-hybridized carbons (Fsp3) is 0.389. The third-order valence-electron chi connectivity index (χ3n) is 9.86. The quantitative estimate of drug-likeness (QED) is 0.281. The van der Waals surface area contributed by atoms with E-state index >= 15 is 0 Å². The van der Waals surface area contributed by atoms with Crippen molar-refractivity contribution in [2.45, 2.75) is 50.7 Å². The minimum Gasteiger partial charge on any atom is -0.388 e. The molecular weight excluding hydrogens is 627 g/mol. The van der Waals surface area contributed by atoms with Gasteiger partial charge in [0.1, 0.15) is 16.9 Å². The van der Waals surface area contributed by atoms with Crippen molar-refractivity contribution in [3.05, 3.63) is 111 Å². The molecule has 1 aromatic carbocycles. The van der Waals surface area contributed by atoms with E-state index < -0.39 is 5.60 Å². The maximum absolute atomic E-state index is 14.1. The molecule has 0 radical (unpaired) electrons. The highest BCUT2D eigenvalue weighted by molar-refractivity contribution is 7.13. The molecule has 11 nitrogen and oxygen atoms in total. The number of hydrogen-bond acceptors (Lipinski definition) is 8. The molecule has 7 rings (SSSR count). The Morgan fingerprint density at radius 2 is 1.77 bits per heavy atom. The van der Waals surface area contributed by atoms with E-state index in [0.29, 0.717) is 73.5 Å². The standard InChI is InChI=1S/C36H39N7O4S/c1-24-31(48-30(39-24)20-26-10-6-7-15-37-26)35(46)42-17-12-27(29(21-42)25-8-4-3-5-9-25)33(44)41-18-13-36(47,14-19-41)22-43-23-38-32-28(34(43)45)11-16-40(32)2/h3-11,15-16,23,27,29,47H,12-14,17-22H2,1-2H3/t27-,29+/m1/s1. The molecule has 0 saturated carbocycles. The van der Waals surface area contributed by atoms with Crippen LogP contribution in [0.25, 0.3) is 11.0 Å². The number of piperidine rings is 2. The van der Waals surface area contributed by atoms with E-state index in [9.17, 15) is 19.5 Å². The van der Waals surface area contributed by atoms with Crippen molar-refractivity contribution >= 4 is 34.2 Å². The third kappa shape index (κ3) is 6.29. The summed E-state index contributed by atoms with van der Waals surface area (Å²) in [4.78, 5) is 59.0. The van der Waals surface area contributed by atoms with Gasteiger partial charge in [0.15, 0.2) is 0 Å². The highest BCUT2D eigenvalue weighted by Crippen LogP contribution is 2.36. The van der Waals surface area contributed by atoms with Gasteiger partial charge < -0.3 is 19.5 Å². The van der Waals surface area contributed by atoms with Gasteiger partial charge in [-0.15, -0.1) is 11.3 Å². The van der Waals surface area contributed by atoms with Gasteiger partial charge in [-0.3, -0.25) is 23.9 Å². The maximum Gasteiger partial charge on any atom is 0.265 e. The molecule has 1 N–H and O–H groups in total. The largest absolute Gasteiger partial charge is 0.388 e. The number of fused-ring (bicyclic) bond motifs is 1. The molecule has 2 atom stereocenters. The minimum absolute atomic E-state index is 0.0501. The van der Waals surface area contributed by atoms with Crippen LogP contribution >= 0.6 is 11.3 Å². The normalized spacial score (nSPS) is 19.5. The molecule has 0 unspecified atom stereocenters. The topological polar surface area (TPSA) is 126 Å². The maximum atomic E-state index is 14.1. The van der Waals surface area contributed by atoms with Gasteiger partial charge in [0, 0.05) is 69.6 Å². The molecule has 5 aromatic rings. The fourth-order valence-electron chi connectivity index (χ4n) is 7.14. The van der Waals surface area contributed by atoms with E-state index in [1.54, 1.807) is 23.0 Å².